The summed E-state index contributed by atoms with van der Waals surface area (Å²) < 4.78 is 5.19. The van der Waals surface area contributed by atoms with E-state index in [0.29, 0.717) is 0 Å². The predicted octanol–water partition coefficient (Wildman–Crippen LogP) is 1.96. The van der Waals surface area contributed by atoms with Crippen molar-refractivity contribution in [2.24, 2.45) is 0 Å². The van der Waals surface area contributed by atoms with Gasteiger partial charge in [0.25, 0.3) is 0 Å². The van der Waals surface area contributed by atoms with Crippen molar-refractivity contribution in [2.75, 3.05) is 0 Å². The van der Waals surface area contributed by atoms with Gasteiger partial charge in [0.15, 0.2) is 0 Å². The maximum Gasteiger partial charge on any atom is 0.109 e. The first-order valence-electron chi connectivity index (χ1n) is 3.41. The summed E-state index contributed by atoms with van der Waals surface area (Å²) in [6.45, 7) is 3.79. The number of rotatable bonds is 1. The lowest BCUT2D eigenvalue weighted by atomic mass is 10.1. The molecule has 0 N–H and O–H groups in total. The van der Waals surface area contributed by atoms with Gasteiger partial charge in [0.05, 0.1) is 6.10 Å². The predicted molar refractivity (Wildman–Crippen MR) is 39.4 cm³/mol. The molecule has 1 aromatic rings. The zero-order valence-electron chi connectivity index (χ0n) is 5.66. The van der Waals surface area contributed by atoms with Crippen LogP contribution < -0.4 is 0 Å². The Kier molecular flexibility index (Phi) is 1.24. The quantitative estimate of drug-likeness (QED) is 0.533. The van der Waals surface area contributed by atoms with E-state index in [-0.39, 0.29) is 12.2 Å². The fourth-order valence-electron chi connectivity index (χ4n) is 1.08. The maximum atomic E-state index is 5.19. The van der Waals surface area contributed by atoms with Crippen molar-refractivity contribution in [3.63, 3.8) is 0 Å². The molecule has 0 aromatic heterocycles. The van der Waals surface area contributed by atoms with Gasteiger partial charge in [-0.15, -0.1) is 0 Å². The van der Waals surface area contributed by atoms with E-state index >= 15 is 0 Å². The van der Waals surface area contributed by atoms with Crippen molar-refractivity contribution < 1.29 is 4.74 Å². The van der Waals surface area contributed by atoms with Gasteiger partial charge >= 0.3 is 0 Å². The van der Waals surface area contributed by atoms with Gasteiger partial charge in [0.1, 0.15) is 6.10 Å². The summed E-state index contributed by atoms with van der Waals surface area (Å²) >= 11 is 0. The molecule has 1 saturated heterocycles. The highest BCUT2D eigenvalue weighted by Crippen LogP contribution is 2.37. The Bertz CT molecular complexity index is 217. The molecular formula is C9H9O. The lowest BCUT2D eigenvalue weighted by Gasteiger charge is -1.90. The van der Waals surface area contributed by atoms with E-state index in [4.69, 9.17) is 4.74 Å². The molecule has 1 radical (unpaired) electrons. The van der Waals surface area contributed by atoms with Crippen molar-refractivity contribution in [1.29, 1.82) is 0 Å². The molecule has 1 aliphatic heterocycles. The molecule has 0 saturated carbocycles. The number of hydrogen-bond acceptors (Lipinski definition) is 1. The number of epoxide rings is 1. The smallest absolute Gasteiger partial charge is 0.109 e. The Morgan fingerprint density at radius 2 is 1.80 bits per heavy atom. The van der Waals surface area contributed by atoms with E-state index in [9.17, 15) is 0 Å². The minimum Gasteiger partial charge on any atom is -0.365 e. The molecular weight excluding hydrogens is 124 g/mol. The van der Waals surface area contributed by atoms with E-state index < -0.39 is 0 Å². The lowest BCUT2D eigenvalue weighted by Crippen LogP contribution is -1.80. The van der Waals surface area contributed by atoms with Crippen LogP contribution in [-0.4, -0.2) is 6.10 Å². The van der Waals surface area contributed by atoms with E-state index in [1.165, 1.54) is 5.56 Å². The SMILES string of the molecule is [CH2][C@@H]1O[C@@H]1c1ccccc1. The average Bonchev–Trinajstić information content (AvgIpc) is 2.69. The maximum absolute atomic E-state index is 5.19. The second kappa shape index (κ2) is 2.10. The van der Waals surface area contributed by atoms with Crippen LogP contribution in [0.4, 0.5) is 0 Å². The molecule has 1 heterocycles. The van der Waals surface area contributed by atoms with Crippen LogP contribution in [0.1, 0.15) is 11.7 Å². The molecule has 0 aliphatic carbocycles. The van der Waals surface area contributed by atoms with Crippen LogP contribution >= 0.6 is 0 Å². The summed E-state index contributed by atoms with van der Waals surface area (Å²) in [5.74, 6) is 0. The summed E-state index contributed by atoms with van der Waals surface area (Å²) in [6.07, 6.45) is 0.448. The summed E-state index contributed by atoms with van der Waals surface area (Å²) in [6, 6.07) is 10.2. The van der Waals surface area contributed by atoms with E-state index in [1.54, 1.807) is 0 Å². The highest BCUT2D eigenvalue weighted by molar-refractivity contribution is 5.22. The van der Waals surface area contributed by atoms with Crippen LogP contribution in [0.15, 0.2) is 30.3 Å². The molecule has 51 valence electrons. The standard InChI is InChI=1S/C9H9O/c1-7-9(10-7)8-5-3-2-4-6-8/h2-7,9H,1H2/t7-,9-/m0/s1. The zero-order chi connectivity index (χ0) is 6.97. The van der Waals surface area contributed by atoms with Gasteiger partial charge in [-0.1, -0.05) is 30.3 Å². The summed E-state index contributed by atoms with van der Waals surface area (Å²) in [5, 5.41) is 0. The topological polar surface area (TPSA) is 12.5 Å². The molecule has 1 fully saturated rings. The number of hydrogen-bond donors (Lipinski definition) is 0. The highest BCUT2D eigenvalue weighted by Gasteiger charge is 2.35. The molecule has 10 heavy (non-hydrogen) atoms. The van der Waals surface area contributed by atoms with Crippen molar-refractivity contribution in [1.82, 2.24) is 0 Å². The summed E-state index contributed by atoms with van der Waals surface area (Å²) in [5.41, 5.74) is 1.24. The van der Waals surface area contributed by atoms with Gasteiger partial charge in [0, 0.05) is 0 Å². The van der Waals surface area contributed by atoms with Crippen molar-refractivity contribution in [3.05, 3.63) is 42.8 Å². The van der Waals surface area contributed by atoms with Gasteiger partial charge in [-0.05, 0) is 12.5 Å². The monoisotopic (exact) mass is 133 g/mol. The average molecular weight is 133 g/mol. The molecule has 1 aliphatic rings. The summed E-state index contributed by atoms with van der Waals surface area (Å²) in [4.78, 5) is 0. The third kappa shape index (κ3) is 0.929. The molecule has 0 amide bonds. The molecule has 1 aromatic carbocycles. The number of ether oxygens (including phenoxy) is 1. The van der Waals surface area contributed by atoms with E-state index in [2.05, 4.69) is 19.1 Å². The van der Waals surface area contributed by atoms with Crippen LogP contribution in [-0.2, 0) is 4.74 Å². The Morgan fingerprint density at radius 1 is 1.20 bits per heavy atom. The summed E-state index contributed by atoms with van der Waals surface area (Å²) in [7, 11) is 0. The van der Waals surface area contributed by atoms with Crippen LogP contribution in [0.5, 0.6) is 0 Å². The van der Waals surface area contributed by atoms with E-state index in [0.717, 1.165) is 0 Å². The minimum atomic E-state index is 0.183. The molecule has 0 bridgehead atoms. The van der Waals surface area contributed by atoms with Crippen molar-refractivity contribution in [3.8, 4) is 0 Å². The molecule has 1 heteroatoms. The first-order chi connectivity index (χ1) is 4.88. The Labute approximate surface area is 60.6 Å². The Morgan fingerprint density at radius 3 is 2.30 bits per heavy atom. The van der Waals surface area contributed by atoms with Gasteiger partial charge in [-0.25, -0.2) is 0 Å². The van der Waals surface area contributed by atoms with Crippen molar-refractivity contribution in [2.45, 2.75) is 12.2 Å². The normalized spacial score (nSPS) is 30.1. The minimum absolute atomic E-state index is 0.183. The molecule has 1 nitrogen and oxygen atoms in total. The van der Waals surface area contributed by atoms with Gasteiger partial charge in [-0.2, -0.15) is 0 Å². The van der Waals surface area contributed by atoms with Crippen molar-refractivity contribution >= 4 is 0 Å². The van der Waals surface area contributed by atoms with Crippen LogP contribution in [0.2, 0.25) is 0 Å². The largest absolute Gasteiger partial charge is 0.365 e. The van der Waals surface area contributed by atoms with Gasteiger partial charge < -0.3 is 4.74 Å². The third-order valence-corrected chi connectivity index (χ3v) is 1.71. The first-order valence-corrected chi connectivity index (χ1v) is 3.41. The van der Waals surface area contributed by atoms with Crippen LogP contribution in [0.25, 0.3) is 0 Å². The van der Waals surface area contributed by atoms with Gasteiger partial charge in [0.2, 0.25) is 0 Å². The van der Waals surface area contributed by atoms with Crippen LogP contribution in [0.3, 0.4) is 0 Å². The third-order valence-electron chi connectivity index (χ3n) is 1.71. The molecule has 2 atom stereocenters. The van der Waals surface area contributed by atoms with Crippen LogP contribution in [0, 0.1) is 6.92 Å². The highest BCUT2D eigenvalue weighted by atomic mass is 16.6. The first kappa shape index (κ1) is 5.93. The molecule has 0 spiro atoms. The fourth-order valence-corrected chi connectivity index (χ4v) is 1.08. The molecule has 0 unspecified atom stereocenters. The second-order valence-corrected chi connectivity index (χ2v) is 2.51. The lowest BCUT2D eigenvalue weighted by molar-refractivity contribution is 0.393. The Balaban J connectivity index is 2.20. The Hall–Kier alpha value is -0.820. The van der Waals surface area contributed by atoms with E-state index in [1.807, 2.05) is 18.2 Å². The number of benzene rings is 1. The second-order valence-electron chi connectivity index (χ2n) is 2.51. The fraction of sp³-hybridized carbons (Fsp3) is 0.222. The van der Waals surface area contributed by atoms with Gasteiger partial charge in [-0.3, -0.25) is 0 Å². The molecule has 2 rings (SSSR count). The zero-order valence-corrected chi connectivity index (χ0v) is 5.66.